The summed E-state index contributed by atoms with van der Waals surface area (Å²) in [6.45, 7) is 2.00. The largest absolute Gasteiger partial charge is 0.462 e. The van der Waals surface area contributed by atoms with Gasteiger partial charge in [0.05, 0.1) is 12.3 Å². The average Bonchev–Trinajstić information content (AvgIpc) is 3.07. The number of thiazole rings is 1. The van der Waals surface area contributed by atoms with Crippen molar-refractivity contribution in [3.63, 3.8) is 0 Å². The van der Waals surface area contributed by atoms with Crippen LogP contribution in [0.1, 0.15) is 27.0 Å². The van der Waals surface area contributed by atoms with Crippen LogP contribution in [0.5, 0.6) is 0 Å². The minimum atomic E-state index is -0.462. The van der Waals surface area contributed by atoms with E-state index < -0.39 is 5.97 Å². The molecule has 3 rings (SSSR count). The molecule has 26 heavy (non-hydrogen) atoms. The highest BCUT2D eigenvalue weighted by molar-refractivity contribution is 7.18. The maximum absolute atomic E-state index is 12.4. The Morgan fingerprint density at radius 1 is 1.12 bits per heavy atom. The Morgan fingerprint density at radius 3 is 2.46 bits per heavy atom. The number of rotatable bonds is 5. The second kappa shape index (κ2) is 8.12. The van der Waals surface area contributed by atoms with Crippen LogP contribution in [0.4, 0.5) is 5.13 Å². The summed E-state index contributed by atoms with van der Waals surface area (Å²) in [5, 5.41) is 3.60. The summed E-state index contributed by atoms with van der Waals surface area (Å²) in [7, 11) is 0. The third kappa shape index (κ3) is 4.09. The monoisotopic (exact) mass is 386 g/mol. The Balaban J connectivity index is 1.91. The van der Waals surface area contributed by atoms with Crippen molar-refractivity contribution in [3.8, 4) is 11.3 Å². The summed E-state index contributed by atoms with van der Waals surface area (Å²) in [5.74, 6) is -0.790. The number of nitrogens with one attached hydrogen (secondary N) is 1. The number of carbonyl (C=O) groups excluding carboxylic acids is 2. The zero-order valence-electron chi connectivity index (χ0n) is 13.9. The van der Waals surface area contributed by atoms with Gasteiger partial charge in [0.2, 0.25) is 0 Å². The predicted octanol–water partition coefficient (Wildman–Crippen LogP) is 4.89. The molecule has 0 saturated carbocycles. The SMILES string of the molecule is CCOC(=O)c1sc(NC(=O)c2ccc(Cl)cc2)nc1-c1ccccc1. The van der Waals surface area contributed by atoms with Gasteiger partial charge in [0.15, 0.2) is 5.13 Å². The molecule has 0 aliphatic carbocycles. The molecule has 0 atom stereocenters. The van der Waals surface area contributed by atoms with Crippen LogP contribution in [0.2, 0.25) is 5.02 Å². The molecule has 1 heterocycles. The molecule has 0 aliphatic heterocycles. The number of hydrogen-bond donors (Lipinski definition) is 1. The summed E-state index contributed by atoms with van der Waals surface area (Å²) in [4.78, 5) is 29.4. The number of esters is 1. The fourth-order valence-electron chi connectivity index (χ4n) is 2.27. The van der Waals surface area contributed by atoms with Crippen molar-refractivity contribution < 1.29 is 14.3 Å². The van der Waals surface area contributed by atoms with Crippen LogP contribution < -0.4 is 5.32 Å². The van der Waals surface area contributed by atoms with Crippen molar-refractivity contribution in [2.45, 2.75) is 6.92 Å². The summed E-state index contributed by atoms with van der Waals surface area (Å²) < 4.78 is 5.11. The number of halogens is 1. The Bertz CT molecular complexity index is 924. The molecule has 3 aromatic rings. The van der Waals surface area contributed by atoms with Gasteiger partial charge in [-0.3, -0.25) is 10.1 Å². The van der Waals surface area contributed by atoms with Gasteiger partial charge in [-0.25, -0.2) is 9.78 Å². The lowest BCUT2D eigenvalue weighted by atomic mass is 10.1. The van der Waals surface area contributed by atoms with Crippen LogP contribution in [0.25, 0.3) is 11.3 Å². The van der Waals surface area contributed by atoms with E-state index in [1.165, 1.54) is 0 Å². The maximum atomic E-state index is 12.4. The molecule has 0 unspecified atom stereocenters. The lowest BCUT2D eigenvalue weighted by Gasteiger charge is -2.01. The molecule has 2 aromatic carbocycles. The number of aromatic nitrogens is 1. The van der Waals surface area contributed by atoms with Gasteiger partial charge in [-0.1, -0.05) is 53.3 Å². The highest BCUT2D eigenvalue weighted by Crippen LogP contribution is 2.32. The van der Waals surface area contributed by atoms with Gasteiger partial charge in [-0.15, -0.1) is 0 Å². The highest BCUT2D eigenvalue weighted by Gasteiger charge is 2.21. The van der Waals surface area contributed by atoms with E-state index in [9.17, 15) is 9.59 Å². The molecule has 132 valence electrons. The van der Waals surface area contributed by atoms with Gasteiger partial charge >= 0.3 is 5.97 Å². The van der Waals surface area contributed by atoms with Crippen LogP contribution in [0.15, 0.2) is 54.6 Å². The first-order valence-electron chi connectivity index (χ1n) is 7.88. The molecule has 0 saturated heterocycles. The van der Waals surface area contributed by atoms with Crippen LogP contribution in [0.3, 0.4) is 0 Å². The van der Waals surface area contributed by atoms with E-state index in [2.05, 4.69) is 10.3 Å². The van der Waals surface area contributed by atoms with Crippen LogP contribution >= 0.6 is 22.9 Å². The van der Waals surface area contributed by atoms with Gasteiger partial charge in [0.25, 0.3) is 5.91 Å². The first-order chi connectivity index (χ1) is 12.6. The number of benzene rings is 2. The standard InChI is InChI=1S/C19H15ClN2O3S/c1-2-25-18(24)16-15(12-6-4-3-5-7-12)21-19(26-16)22-17(23)13-8-10-14(20)11-9-13/h3-11H,2H2,1H3,(H,21,22,23). The lowest BCUT2D eigenvalue weighted by molar-refractivity contribution is 0.0532. The second-order valence-electron chi connectivity index (χ2n) is 5.24. The molecular formula is C19H15ClN2O3S. The van der Waals surface area contributed by atoms with Crippen molar-refractivity contribution >= 4 is 39.9 Å². The van der Waals surface area contributed by atoms with Crippen LogP contribution in [-0.2, 0) is 4.74 Å². The molecule has 7 heteroatoms. The number of ether oxygens (including phenoxy) is 1. The Hall–Kier alpha value is -2.70. The summed E-state index contributed by atoms with van der Waals surface area (Å²) in [5.41, 5.74) is 1.71. The zero-order chi connectivity index (χ0) is 18.5. The Labute approximate surface area is 159 Å². The van der Waals surface area contributed by atoms with E-state index in [4.69, 9.17) is 16.3 Å². The second-order valence-corrected chi connectivity index (χ2v) is 6.68. The average molecular weight is 387 g/mol. The third-order valence-corrected chi connectivity index (χ3v) is 4.66. The summed E-state index contributed by atoms with van der Waals surface area (Å²) in [6, 6.07) is 15.8. The molecule has 0 aliphatic rings. The van der Waals surface area contributed by atoms with Crippen molar-refractivity contribution in [1.82, 2.24) is 4.98 Å². The topological polar surface area (TPSA) is 68.3 Å². The van der Waals surface area contributed by atoms with Crippen LogP contribution in [-0.4, -0.2) is 23.5 Å². The van der Waals surface area contributed by atoms with Gasteiger partial charge in [-0.05, 0) is 31.2 Å². The van der Waals surface area contributed by atoms with Gasteiger partial charge < -0.3 is 4.74 Å². The molecule has 5 nitrogen and oxygen atoms in total. The fourth-order valence-corrected chi connectivity index (χ4v) is 3.27. The minimum Gasteiger partial charge on any atom is -0.462 e. The van der Waals surface area contributed by atoms with Crippen molar-refractivity contribution in [3.05, 3.63) is 70.1 Å². The van der Waals surface area contributed by atoms with E-state index in [1.54, 1.807) is 31.2 Å². The number of hydrogen-bond acceptors (Lipinski definition) is 5. The van der Waals surface area contributed by atoms with E-state index in [-0.39, 0.29) is 12.5 Å². The Kier molecular flexibility index (Phi) is 5.65. The molecular weight excluding hydrogens is 372 g/mol. The smallest absolute Gasteiger partial charge is 0.350 e. The molecule has 1 amide bonds. The molecule has 0 radical (unpaired) electrons. The van der Waals surface area contributed by atoms with E-state index in [1.807, 2.05) is 30.3 Å². The van der Waals surface area contributed by atoms with Crippen molar-refractivity contribution in [2.75, 3.05) is 11.9 Å². The van der Waals surface area contributed by atoms with Gasteiger partial charge in [0, 0.05) is 16.1 Å². The zero-order valence-corrected chi connectivity index (χ0v) is 15.4. The number of nitrogens with zero attached hydrogens (tertiary/aromatic N) is 1. The number of carbonyl (C=O) groups is 2. The van der Waals surface area contributed by atoms with Gasteiger partial charge in [0.1, 0.15) is 4.88 Å². The molecule has 0 spiro atoms. The normalized spacial score (nSPS) is 10.4. The number of amides is 1. The van der Waals surface area contributed by atoms with Crippen LogP contribution in [0, 0.1) is 0 Å². The first kappa shape index (κ1) is 18.1. The summed E-state index contributed by atoms with van der Waals surface area (Å²) in [6.07, 6.45) is 0. The predicted molar refractivity (Wildman–Crippen MR) is 103 cm³/mol. The quantitative estimate of drug-likeness (QED) is 0.634. The molecule has 1 aromatic heterocycles. The number of anilines is 1. The van der Waals surface area contributed by atoms with Crippen molar-refractivity contribution in [1.29, 1.82) is 0 Å². The molecule has 0 bridgehead atoms. The minimum absolute atomic E-state index is 0.261. The maximum Gasteiger partial charge on any atom is 0.350 e. The highest BCUT2D eigenvalue weighted by atomic mass is 35.5. The van der Waals surface area contributed by atoms with E-state index in [0.29, 0.717) is 26.3 Å². The van der Waals surface area contributed by atoms with Crippen molar-refractivity contribution in [2.24, 2.45) is 0 Å². The summed E-state index contributed by atoms with van der Waals surface area (Å²) >= 11 is 6.92. The molecule has 0 fully saturated rings. The Morgan fingerprint density at radius 2 is 1.81 bits per heavy atom. The fraction of sp³-hybridized carbons (Fsp3) is 0.105. The van der Waals surface area contributed by atoms with Gasteiger partial charge in [-0.2, -0.15) is 0 Å². The molecule has 1 N–H and O–H groups in total. The first-order valence-corrected chi connectivity index (χ1v) is 9.08. The van der Waals surface area contributed by atoms with E-state index >= 15 is 0 Å². The lowest BCUT2D eigenvalue weighted by Crippen LogP contribution is -2.11. The third-order valence-electron chi connectivity index (χ3n) is 3.46. The van der Waals surface area contributed by atoms with E-state index in [0.717, 1.165) is 16.9 Å².